The quantitative estimate of drug-likeness (QED) is 0.479. The van der Waals surface area contributed by atoms with E-state index in [0.717, 1.165) is 5.56 Å². The SMILES string of the molecule is CCOc1cc(C#N)cc(Cl)c1OC(=O)c1ccc(Cn2cncn2)cc1. The minimum Gasteiger partial charge on any atom is -0.490 e. The second kappa shape index (κ2) is 8.34. The molecular formula is C19H15ClN4O3. The van der Waals surface area contributed by atoms with Crippen molar-refractivity contribution in [3.63, 3.8) is 0 Å². The summed E-state index contributed by atoms with van der Waals surface area (Å²) < 4.78 is 12.6. The van der Waals surface area contributed by atoms with Crippen molar-refractivity contribution in [1.29, 1.82) is 5.26 Å². The van der Waals surface area contributed by atoms with Gasteiger partial charge in [0.2, 0.25) is 0 Å². The maximum absolute atomic E-state index is 12.5. The first-order valence-electron chi connectivity index (χ1n) is 8.10. The van der Waals surface area contributed by atoms with Gasteiger partial charge in [0.05, 0.1) is 35.4 Å². The minimum absolute atomic E-state index is 0.0919. The van der Waals surface area contributed by atoms with E-state index in [-0.39, 0.29) is 16.5 Å². The van der Waals surface area contributed by atoms with Crippen LogP contribution in [0.5, 0.6) is 11.5 Å². The standard InChI is InChI=1S/C19H15ClN4O3/c1-2-26-17-8-14(9-21)7-16(20)18(17)27-19(25)15-5-3-13(4-6-15)10-24-12-22-11-23-24/h3-8,11-12H,2,10H2,1H3. The maximum Gasteiger partial charge on any atom is 0.343 e. The summed E-state index contributed by atoms with van der Waals surface area (Å²) in [5, 5.41) is 13.2. The van der Waals surface area contributed by atoms with Crippen molar-refractivity contribution in [2.24, 2.45) is 0 Å². The molecule has 1 heterocycles. The van der Waals surface area contributed by atoms with E-state index in [1.165, 1.54) is 18.5 Å². The fourth-order valence-corrected chi connectivity index (χ4v) is 2.64. The van der Waals surface area contributed by atoms with Gasteiger partial charge in [0.1, 0.15) is 12.7 Å². The summed E-state index contributed by atoms with van der Waals surface area (Å²) in [7, 11) is 0. The van der Waals surface area contributed by atoms with E-state index in [1.807, 2.05) is 18.2 Å². The number of carbonyl (C=O) groups excluding carboxylic acids is 1. The number of ether oxygens (including phenoxy) is 2. The number of nitrogens with zero attached hydrogens (tertiary/aromatic N) is 4. The number of esters is 1. The minimum atomic E-state index is -0.574. The average Bonchev–Trinajstić information content (AvgIpc) is 3.18. The highest BCUT2D eigenvalue weighted by Gasteiger charge is 2.17. The van der Waals surface area contributed by atoms with Gasteiger partial charge in [-0.2, -0.15) is 10.4 Å². The number of nitriles is 1. The van der Waals surface area contributed by atoms with Gasteiger partial charge in [-0.05, 0) is 30.7 Å². The Morgan fingerprint density at radius 2 is 2.07 bits per heavy atom. The molecule has 7 nitrogen and oxygen atoms in total. The second-order valence-electron chi connectivity index (χ2n) is 5.51. The predicted molar refractivity (Wildman–Crippen MR) is 97.9 cm³/mol. The van der Waals surface area contributed by atoms with Crippen LogP contribution in [0, 0.1) is 11.3 Å². The summed E-state index contributed by atoms with van der Waals surface area (Å²) in [6, 6.07) is 11.8. The maximum atomic E-state index is 12.5. The van der Waals surface area contributed by atoms with Crippen molar-refractivity contribution >= 4 is 17.6 Å². The molecular weight excluding hydrogens is 368 g/mol. The molecule has 0 fully saturated rings. The first-order valence-corrected chi connectivity index (χ1v) is 8.48. The van der Waals surface area contributed by atoms with Crippen LogP contribution in [0.2, 0.25) is 5.02 Å². The Labute approximate surface area is 160 Å². The van der Waals surface area contributed by atoms with Crippen LogP contribution in [-0.4, -0.2) is 27.3 Å². The number of halogens is 1. The van der Waals surface area contributed by atoms with Gasteiger partial charge in [0.25, 0.3) is 0 Å². The van der Waals surface area contributed by atoms with Gasteiger partial charge in [-0.25, -0.2) is 14.5 Å². The van der Waals surface area contributed by atoms with Crippen LogP contribution in [0.15, 0.2) is 49.1 Å². The summed E-state index contributed by atoms with van der Waals surface area (Å²) in [6.45, 7) is 2.67. The third-order valence-corrected chi connectivity index (χ3v) is 3.91. The lowest BCUT2D eigenvalue weighted by Crippen LogP contribution is -2.10. The topological polar surface area (TPSA) is 90.0 Å². The number of hydrogen-bond donors (Lipinski definition) is 0. The summed E-state index contributed by atoms with van der Waals surface area (Å²) in [4.78, 5) is 16.4. The van der Waals surface area contributed by atoms with Crippen molar-refractivity contribution in [2.75, 3.05) is 6.61 Å². The fraction of sp³-hybridized carbons (Fsp3) is 0.158. The Morgan fingerprint density at radius 1 is 1.30 bits per heavy atom. The van der Waals surface area contributed by atoms with Crippen LogP contribution in [0.25, 0.3) is 0 Å². The summed E-state index contributed by atoms with van der Waals surface area (Å²) >= 11 is 6.16. The van der Waals surface area contributed by atoms with Gasteiger partial charge in [-0.3, -0.25) is 0 Å². The molecule has 0 atom stereocenters. The normalized spacial score (nSPS) is 10.3. The van der Waals surface area contributed by atoms with Gasteiger partial charge in [-0.1, -0.05) is 23.7 Å². The summed E-state index contributed by atoms with van der Waals surface area (Å²) in [5.41, 5.74) is 1.64. The molecule has 0 unspecified atom stereocenters. The second-order valence-corrected chi connectivity index (χ2v) is 5.92. The van der Waals surface area contributed by atoms with E-state index >= 15 is 0 Å². The summed E-state index contributed by atoms with van der Waals surface area (Å²) in [5.74, 6) is -0.234. The smallest absolute Gasteiger partial charge is 0.343 e. The number of aromatic nitrogens is 3. The number of rotatable bonds is 6. The van der Waals surface area contributed by atoms with Crippen LogP contribution in [0.4, 0.5) is 0 Å². The van der Waals surface area contributed by atoms with Crippen LogP contribution in [0.3, 0.4) is 0 Å². The van der Waals surface area contributed by atoms with Gasteiger partial charge < -0.3 is 9.47 Å². The lowest BCUT2D eigenvalue weighted by atomic mass is 10.1. The number of hydrogen-bond acceptors (Lipinski definition) is 6. The number of carbonyl (C=O) groups is 1. The highest BCUT2D eigenvalue weighted by molar-refractivity contribution is 6.32. The molecule has 0 amide bonds. The van der Waals surface area contributed by atoms with Crippen LogP contribution in [-0.2, 0) is 6.54 Å². The third kappa shape index (κ3) is 4.43. The van der Waals surface area contributed by atoms with Gasteiger partial charge in [0, 0.05) is 6.07 Å². The van der Waals surface area contributed by atoms with E-state index < -0.39 is 5.97 Å². The lowest BCUT2D eigenvalue weighted by molar-refractivity contribution is 0.0728. The van der Waals surface area contributed by atoms with Crippen LogP contribution in [0.1, 0.15) is 28.4 Å². The molecule has 0 aliphatic rings. The molecule has 0 saturated heterocycles. The molecule has 0 spiro atoms. The van der Waals surface area contributed by atoms with E-state index in [1.54, 1.807) is 30.1 Å². The molecule has 0 aliphatic carbocycles. The molecule has 8 heteroatoms. The van der Waals surface area contributed by atoms with Crippen molar-refractivity contribution in [2.45, 2.75) is 13.5 Å². The Bertz CT molecular complexity index is 979. The van der Waals surface area contributed by atoms with Crippen LogP contribution >= 0.6 is 11.6 Å². The summed E-state index contributed by atoms with van der Waals surface area (Å²) in [6.07, 6.45) is 3.08. The van der Waals surface area contributed by atoms with Crippen molar-refractivity contribution in [3.8, 4) is 17.6 Å². The average molecular weight is 383 g/mol. The predicted octanol–water partition coefficient (Wildman–Crippen LogP) is 3.47. The lowest BCUT2D eigenvalue weighted by Gasteiger charge is -2.13. The van der Waals surface area contributed by atoms with E-state index in [0.29, 0.717) is 24.3 Å². The molecule has 0 radical (unpaired) electrons. The molecule has 0 bridgehead atoms. The van der Waals surface area contributed by atoms with Crippen molar-refractivity contribution in [3.05, 3.63) is 70.8 Å². The molecule has 3 rings (SSSR count). The molecule has 2 aromatic carbocycles. The first kappa shape index (κ1) is 18.4. The zero-order valence-electron chi connectivity index (χ0n) is 14.4. The zero-order valence-corrected chi connectivity index (χ0v) is 15.2. The van der Waals surface area contributed by atoms with Gasteiger partial charge >= 0.3 is 5.97 Å². The molecule has 27 heavy (non-hydrogen) atoms. The van der Waals surface area contributed by atoms with E-state index in [2.05, 4.69) is 10.1 Å². The first-order chi connectivity index (χ1) is 13.1. The third-order valence-electron chi connectivity index (χ3n) is 3.63. The highest BCUT2D eigenvalue weighted by Crippen LogP contribution is 2.37. The van der Waals surface area contributed by atoms with E-state index in [9.17, 15) is 4.79 Å². The highest BCUT2D eigenvalue weighted by atomic mass is 35.5. The molecule has 1 aromatic heterocycles. The fourth-order valence-electron chi connectivity index (χ4n) is 2.39. The van der Waals surface area contributed by atoms with Gasteiger partial charge in [0.15, 0.2) is 11.5 Å². The largest absolute Gasteiger partial charge is 0.490 e. The molecule has 3 aromatic rings. The van der Waals surface area contributed by atoms with Gasteiger partial charge in [-0.15, -0.1) is 0 Å². The van der Waals surface area contributed by atoms with E-state index in [4.69, 9.17) is 26.3 Å². The van der Waals surface area contributed by atoms with Crippen LogP contribution < -0.4 is 9.47 Å². The number of benzene rings is 2. The molecule has 136 valence electrons. The molecule has 0 N–H and O–H groups in total. The van der Waals surface area contributed by atoms with Crippen molar-refractivity contribution < 1.29 is 14.3 Å². The van der Waals surface area contributed by atoms with Crippen molar-refractivity contribution in [1.82, 2.24) is 14.8 Å². The Morgan fingerprint density at radius 3 is 2.70 bits per heavy atom. The molecule has 0 aliphatic heterocycles. The monoisotopic (exact) mass is 382 g/mol. The Hall–Kier alpha value is -3.37. The Kier molecular flexibility index (Phi) is 5.69. The molecule has 0 saturated carbocycles. The zero-order chi connectivity index (χ0) is 19.2. The Balaban J connectivity index is 1.78.